The Kier molecular flexibility index (Phi) is 6.57. The summed E-state index contributed by atoms with van der Waals surface area (Å²) < 4.78 is 39.9. The molecule has 3 aromatic heterocycles. The molecule has 0 N–H and O–H groups in total. The number of hydrogen-bond donors (Lipinski definition) is 0. The van der Waals surface area contributed by atoms with E-state index in [-0.39, 0.29) is 40.8 Å². The molecular formula is C27H30N6O6S. The number of piperidine rings is 2. The molecule has 1 aromatic carbocycles. The van der Waals surface area contributed by atoms with Crippen molar-refractivity contribution in [3.8, 4) is 11.5 Å². The summed E-state index contributed by atoms with van der Waals surface area (Å²) in [4.78, 5) is 35.8. The number of carbonyl (C=O) groups excluding carboxylic acids is 1. The number of carbonyl (C=O) groups is 1. The summed E-state index contributed by atoms with van der Waals surface area (Å²) in [7, 11) is -2.22. The topological polar surface area (TPSA) is 145 Å². The summed E-state index contributed by atoms with van der Waals surface area (Å²) in [5.74, 6) is 0.347. The summed E-state index contributed by atoms with van der Waals surface area (Å²) in [6, 6.07) is 8.12. The molecule has 0 radical (unpaired) electrons. The number of likely N-dealkylation sites (tertiary alicyclic amines) is 1. The van der Waals surface area contributed by atoms with Crippen molar-refractivity contribution >= 4 is 27.0 Å². The molecule has 0 saturated carbocycles. The van der Waals surface area contributed by atoms with Crippen LogP contribution in [-0.2, 0) is 27.3 Å². The summed E-state index contributed by atoms with van der Waals surface area (Å²) in [6.07, 6.45) is 5.68. The zero-order valence-electron chi connectivity index (χ0n) is 22.3. The molecule has 0 atom stereocenters. The van der Waals surface area contributed by atoms with E-state index in [9.17, 15) is 18.0 Å². The minimum Gasteiger partial charge on any atom is -0.408 e. The normalized spacial score (nSPS) is 18.8. The van der Waals surface area contributed by atoms with Crippen LogP contribution in [0, 0.1) is 5.92 Å². The van der Waals surface area contributed by atoms with E-state index < -0.39 is 15.8 Å². The zero-order valence-corrected chi connectivity index (χ0v) is 23.1. The Morgan fingerprint density at radius 3 is 2.55 bits per heavy atom. The highest BCUT2D eigenvalue weighted by Crippen LogP contribution is 2.35. The van der Waals surface area contributed by atoms with Crippen molar-refractivity contribution in [2.24, 2.45) is 13.0 Å². The number of aryl methyl sites for hydroxylation is 1. The van der Waals surface area contributed by atoms with Gasteiger partial charge in [0.25, 0.3) is 5.89 Å². The van der Waals surface area contributed by atoms with Crippen LogP contribution in [0.3, 0.4) is 0 Å². The molecule has 40 heavy (non-hydrogen) atoms. The van der Waals surface area contributed by atoms with E-state index in [1.165, 1.54) is 21.0 Å². The van der Waals surface area contributed by atoms with Crippen LogP contribution in [-0.4, -0.2) is 69.4 Å². The minimum absolute atomic E-state index is 0.0655. The largest absolute Gasteiger partial charge is 0.419 e. The number of hydrogen-bond acceptors (Lipinski definition) is 9. The van der Waals surface area contributed by atoms with Gasteiger partial charge in [-0.15, -0.1) is 0 Å². The molecule has 4 aromatic rings. The maximum absolute atomic E-state index is 13.4. The maximum Gasteiger partial charge on any atom is 0.419 e. The van der Waals surface area contributed by atoms with Gasteiger partial charge in [0, 0.05) is 63.0 Å². The van der Waals surface area contributed by atoms with E-state index in [4.69, 9.17) is 8.94 Å². The minimum atomic E-state index is -3.78. The molecule has 6 rings (SSSR count). The third-order valence-corrected chi connectivity index (χ3v) is 10.2. The smallest absolute Gasteiger partial charge is 0.408 e. The van der Waals surface area contributed by atoms with Crippen molar-refractivity contribution in [3.63, 3.8) is 0 Å². The summed E-state index contributed by atoms with van der Waals surface area (Å²) in [6.45, 7) is 3.75. The van der Waals surface area contributed by atoms with E-state index in [1.807, 2.05) is 17.0 Å². The Morgan fingerprint density at radius 2 is 1.85 bits per heavy atom. The lowest BCUT2D eigenvalue weighted by atomic mass is 9.79. The van der Waals surface area contributed by atoms with Crippen molar-refractivity contribution in [3.05, 3.63) is 59.1 Å². The first kappa shape index (κ1) is 26.4. The van der Waals surface area contributed by atoms with Gasteiger partial charge in [-0.2, -0.15) is 9.29 Å². The number of fused-ring (bicyclic) bond motifs is 1. The Bertz CT molecular complexity index is 1710. The molecule has 2 saturated heterocycles. The third-order valence-electron chi connectivity index (χ3n) is 8.26. The number of sulfonamides is 1. The van der Waals surface area contributed by atoms with E-state index in [0.29, 0.717) is 56.0 Å². The van der Waals surface area contributed by atoms with Gasteiger partial charge in [-0.3, -0.25) is 14.3 Å². The monoisotopic (exact) mass is 566 g/mol. The predicted molar refractivity (Wildman–Crippen MR) is 144 cm³/mol. The number of pyridine rings is 1. The Morgan fingerprint density at radius 1 is 1.10 bits per heavy atom. The van der Waals surface area contributed by atoms with Gasteiger partial charge in [0.15, 0.2) is 11.4 Å². The number of oxazole rings is 1. The molecule has 0 unspecified atom stereocenters. The SMILES string of the molecule is Cn1c(=O)oc2cc(S(=O)(=O)N3CCC(C(=O)N4CCC(C)(c5noc(-c6cccnc6)n5)CC4)CC3)ccc21. The number of nitrogens with zero attached hydrogens (tertiary/aromatic N) is 6. The fourth-order valence-electron chi connectivity index (χ4n) is 5.54. The molecular weight excluding hydrogens is 536 g/mol. The van der Waals surface area contributed by atoms with Crippen LogP contribution in [0.25, 0.3) is 22.6 Å². The van der Waals surface area contributed by atoms with Gasteiger partial charge in [0.2, 0.25) is 15.9 Å². The number of amides is 1. The van der Waals surface area contributed by atoms with Crippen molar-refractivity contribution in [2.45, 2.75) is 42.9 Å². The van der Waals surface area contributed by atoms with Crippen LogP contribution in [0.4, 0.5) is 0 Å². The second kappa shape index (κ2) is 9.97. The first-order valence-corrected chi connectivity index (χ1v) is 14.7. The first-order chi connectivity index (χ1) is 19.2. The molecule has 13 heteroatoms. The molecule has 12 nitrogen and oxygen atoms in total. The van der Waals surface area contributed by atoms with Crippen molar-refractivity contribution in [2.75, 3.05) is 26.2 Å². The number of benzene rings is 1. The standard InChI is InChI=1S/C27H30N6O6S/c1-27(25-29-23(39-30-25)19-4-3-11-28-17-19)9-14-32(15-10-27)24(34)18-7-12-33(13-8-18)40(36,37)20-5-6-21-22(16-20)38-26(35)31(21)2/h3-6,11,16-18H,7-10,12-15H2,1-2H3. The van der Waals surface area contributed by atoms with Gasteiger partial charge in [-0.05, 0) is 49.9 Å². The van der Waals surface area contributed by atoms with Crippen LogP contribution < -0.4 is 5.76 Å². The van der Waals surface area contributed by atoms with Crippen LogP contribution in [0.2, 0.25) is 0 Å². The predicted octanol–water partition coefficient (Wildman–Crippen LogP) is 2.56. The molecule has 5 heterocycles. The summed E-state index contributed by atoms with van der Waals surface area (Å²) >= 11 is 0. The Balaban J connectivity index is 1.06. The zero-order chi connectivity index (χ0) is 28.1. The van der Waals surface area contributed by atoms with Gasteiger partial charge in [-0.1, -0.05) is 12.1 Å². The van der Waals surface area contributed by atoms with E-state index in [1.54, 1.807) is 25.5 Å². The van der Waals surface area contributed by atoms with Gasteiger partial charge in [-0.25, -0.2) is 13.2 Å². The Labute approximate surface area is 230 Å². The fourth-order valence-corrected chi connectivity index (χ4v) is 7.03. The second-order valence-corrected chi connectivity index (χ2v) is 12.7. The molecule has 2 fully saturated rings. The third kappa shape index (κ3) is 4.62. The van der Waals surface area contributed by atoms with Gasteiger partial charge in [0.1, 0.15) is 0 Å². The highest BCUT2D eigenvalue weighted by Gasteiger charge is 2.40. The maximum atomic E-state index is 13.4. The summed E-state index contributed by atoms with van der Waals surface area (Å²) in [5.41, 5.74) is 1.21. The molecule has 2 aliphatic heterocycles. The highest BCUT2D eigenvalue weighted by molar-refractivity contribution is 7.89. The lowest BCUT2D eigenvalue weighted by Crippen LogP contribution is -2.49. The van der Waals surface area contributed by atoms with Crippen LogP contribution in [0.1, 0.15) is 38.4 Å². The van der Waals surface area contributed by atoms with Gasteiger partial charge in [0.05, 0.1) is 16.0 Å². The lowest BCUT2D eigenvalue weighted by Gasteiger charge is -2.40. The second-order valence-electron chi connectivity index (χ2n) is 10.8. The molecule has 1 amide bonds. The molecule has 0 bridgehead atoms. The van der Waals surface area contributed by atoms with Crippen molar-refractivity contribution < 1.29 is 22.2 Å². The van der Waals surface area contributed by atoms with Crippen LogP contribution in [0.15, 0.2) is 61.4 Å². The van der Waals surface area contributed by atoms with Gasteiger partial charge >= 0.3 is 5.76 Å². The lowest BCUT2D eigenvalue weighted by molar-refractivity contribution is -0.138. The highest BCUT2D eigenvalue weighted by atomic mass is 32.2. The average molecular weight is 567 g/mol. The number of rotatable bonds is 5. The van der Waals surface area contributed by atoms with E-state index in [2.05, 4.69) is 22.0 Å². The van der Waals surface area contributed by atoms with Gasteiger partial charge < -0.3 is 13.8 Å². The average Bonchev–Trinajstić information content (AvgIpc) is 3.59. The summed E-state index contributed by atoms with van der Waals surface area (Å²) in [5, 5.41) is 4.22. The van der Waals surface area contributed by atoms with Crippen molar-refractivity contribution in [1.29, 1.82) is 0 Å². The van der Waals surface area contributed by atoms with Crippen molar-refractivity contribution in [1.82, 2.24) is 28.9 Å². The number of aromatic nitrogens is 4. The molecule has 2 aliphatic rings. The van der Waals surface area contributed by atoms with Crippen LogP contribution >= 0.6 is 0 Å². The molecule has 0 aliphatic carbocycles. The molecule has 210 valence electrons. The van der Waals surface area contributed by atoms with E-state index >= 15 is 0 Å². The van der Waals surface area contributed by atoms with Crippen LogP contribution in [0.5, 0.6) is 0 Å². The quantitative estimate of drug-likeness (QED) is 0.356. The first-order valence-electron chi connectivity index (χ1n) is 13.3. The fraction of sp³-hybridized carbons (Fsp3) is 0.444. The Hall–Kier alpha value is -3.84. The van der Waals surface area contributed by atoms with E-state index in [0.717, 1.165) is 5.56 Å². The molecule has 0 spiro atoms.